The molecule has 0 aliphatic carbocycles. The number of amides is 1. The summed E-state index contributed by atoms with van der Waals surface area (Å²) in [5.74, 6) is 1.21. The van der Waals surface area contributed by atoms with Crippen molar-refractivity contribution in [3.63, 3.8) is 0 Å². The van der Waals surface area contributed by atoms with Crippen LogP contribution in [0.2, 0.25) is 0 Å². The van der Waals surface area contributed by atoms with Crippen molar-refractivity contribution in [1.29, 1.82) is 0 Å². The number of aromatic nitrogens is 3. The number of nitrogens with zero attached hydrogens (tertiary/aromatic N) is 4. The Morgan fingerprint density at radius 3 is 3.09 bits per heavy atom. The van der Waals surface area contributed by atoms with E-state index in [1.165, 1.54) is 0 Å². The molecule has 0 saturated carbocycles. The molecule has 23 heavy (non-hydrogen) atoms. The second kappa shape index (κ2) is 7.04. The molecule has 7 heteroatoms. The highest BCUT2D eigenvalue weighted by atomic mass is 79.9. The smallest absolute Gasteiger partial charge is 0.255 e. The molecule has 1 saturated heterocycles. The first-order chi connectivity index (χ1) is 11.1. The first kappa shape index (κ1) is 15.9. The van der Waals surface area contributed by atoms with E-state index in [0.29, 0.717) is 23.8 Å². The topological polar surface area (TPSA) is 68.2 Å². The van der Waals surface area contributed by atoms with Gasteiger partial charge in [-0.25, -0.2) is 4.98 Å². The lowest BCUT2D eigenvalue weighted by molar-refractivity contribution is 0.0526. The van der Waals surface area contributed by atoms with Crippen molar-refractivity contribution < 1.29 is 9.53 Å². The number of aryl methyl sites for hydroxylation is 1. The molecule has 1 aliphatic rings. The van der Waals surface area contributed by atoms with Gasteiger partial charge in [-0.3, -0.25) is 9.78 Å². The Morgan fingerprint density at radius 2 is 2.30 bits per heavy atom. The summed E-state index contributed by atoms with van der Waals surface area (Å²) in [7, 11) is 0. The van der Waals surface area contributed by atoms with Crippen LogP contribution in [0.3, 0.4) is 0 Å². The minimum Gasteiger partial charge on any atom is -0.472 e. The van der Waals surface area contributed by atoms with E-state index in [0.717, 1.165) is 23.9 Å². The number of likely N-dealkylation sites (tertiary alicyclic amines) is 1. The van der Waals surface area contributed by atoms with Gasteiger partial charge in [-0.2, -0.15) is 4.98 Å². The van der Waals surface area contributed by atoms with Crippen LogP contribution in [0, 0.1) is 6.92 Å². The predicted molar refractivity (Wildman–Crippen MR) is 88.3 cm³/mol. The molecule has 1 fully saturated rings. The minimum atomic E-state index is -0.0536. The van der Waals surface area contributed by atoms with Gasteiger partial charge in [0.1, 0.15) is 11.9 Å². The fourth-order valence-electron chi connectivity index (χ4n) is 2.60. The summed E-state index contributed by atoms with van der Waals surface area (Å²) in [6.07, 6.45) is 6.69. The Bertz CT molecular complexity index is 710. The van der Waals surface area contributed by atoms with Crippen molar-refractivity contribution in [3.05, 3.63) is 46.6 Å². The van der Waals surface area contributed by atoms with E-state index in [2.05, 4.69) is 30.9 Å². The Morgan fingerprint density at radius 1 is 1.43 bits per heavy atom. The van der Waals surface area contributed by atoms with Crippen LogP contribution in [0.25, 0.3) is 0 Å². The van der Waals surface area contributed by atoms with Gasteiger partial charge in [0.05, 0.1) is 12.1 Å². The van der Waals surface area contributed by atoms with Crippen LogP contribution in [0.4, 0.5) is 0 Å². The Balaban J connectivity index is 1.67. The minimum absolute atomic E-state index is 0.0223. The van der Waals surface area contributed by atoms with Gasteiger partial charge in [0, 0.05) is 35.7 Å². The fraction of sp³-hybridized carbons (Fsp3) is 0.375. The van der Waals surface area contributed by atoms with E-state index in [1.54, 1.807) is 30.7 Å². The Labute approximate surface area is 143 Å². The number of pyridine rings is 1. The Kier molecular flexibility index (Phi) is 4.85. The molecule has 3 rings (SSSR count). The van der Waals surface area contributed by atoms with E-state index in [-0.39, 0.29) is 12.0 Å². The third-order valence-corrected chi connectivity index (χ3v) is 4.09. The molecule has 0 radical (unpaired) electrons. The summed E-state index contributed by atoms with van der Waals surface area (Å²) in [5.41, 5.74) is 0.581. The van der Waals surface area contributed by atoms with Crippen molar-refractivity contribution in [2.75, 3.05) is 13.1 Å². The van der Waals surface area contributed by atoms with Gasteiger partial charge >= 0.3 is 0 Å². The largest absolute Gasteiger partial charge is 0.472 e. The molecule has 0 aromatic carbocycles. The van der Waals surface area contributed by atoms with Gasteiger partial charge in [0.2, 0.25) is 5.88 Å². The average molecular weight is 377 g/mol. The van der Waals surface area contributed by atoms with Crippen molar-refractivity contribution in [1.82, 2.24) is 19.9 Å². The lowest BCUT2D eigenvalue weighted by Crippen LogP contribution is -2.44. The Hall–Kier alpha value is -2.02. The maximum Gasteiger partial charge on any atom is 0.255 e. The van der Waals surface area contributed by atoms with Crippen LogP contribution in [0.5, 0.6) is 5.88 Å². The standard InChI is InChI=1S/C16H17BrN4O2/c1-11-19-5-4-15(20-11)23-14-3-2-6-21(10-14)16(22)12-7-13(17)9-18-8-12/h4-5,7-9,14H,2-3,6,10H2,1H3. The molecule has 6 nitrogen and oxygen atoms in total. The average Bonchev–Trinajstić information content (AvgIpc) is 2.54. The zero-order chi connectivity index (χ0) is 16.2. The summed E-state index contributed by atoms with van der Waals surface area (Å²) in [6.45, 7) is 3.10. The normalized spacial score (nSPS) is 17.8. The van der Waals surface area contributed by atoms with Gasteiger partial charge in [0.25, 0.3) is 5.91 Å². The van der Waals surface area contributed by atoms with Crippen LogP contribution in [-0.2, 0) is 0 Å². The molecule has 2 aromatic rings. The molecular weight excluding hydrogens is 360 g/mol. The zero-order valence-electron chi connectivity index (χ0n) is 12.8. The van der Waals surface area contributed by atoms with Gasteiger partial charge in [-0.15, -0.1) is 0 Å². The van der Waals surface area contributed by atoms with Crippen molar-refractivity contribution in [2.45, 2.75) is 25.9 Å². The van der Waals surface area contributed by atoms with Crippen molar-refractivity contribution in [3.8, 4) is 5.88 Å². The lowest BCUT2D eigenvalue weighted by Gasteiger charge is -2.32. The van der Waals surface area contributed by atoms with E-state index >= 15 is 0 Å². The molecule has 1 aliphatic heterocycles. The van der Waals surface area contributed by atoms with E-state index < -0.39 is 0 Å². The number of hydrogen-bond donors (Lipinski definition) is 0. The summed E-state index contributed by atoms with van der Waals surface area (Å²) in [4.78, 5) is 26.8. The van der Waals surface area contributed by atoms with Gasteiger partial charge in [0.15, 0.2) is 0 Å². The highest BCUT2D eigenvalue weighted by Crippen LogP contribution is 2.19. The molecule has 2 aromatic heterocycles. The lowest BCUT2D eigenvalue weighted by atomic mass is 10.1. The first-order valence-corrected chi connectivity index (χ1v) is 8.27. The van der Waals surface area contributed by atoms with Crippen LogP contribution in [0.1, 0.15) is 29.0 Å². The predicted octanol–water partition coefficient (Wildman–Crippen LogP) is 2.63. The molecule has 0 spiro atoms. The third-order valence-electron chi connectivity index (χ3n) is 3.66. The zero-order valence-corrected chi connectivity index (χ0v) is 14.4. The summed E-state index contributed by atoms with van der Waals surface area (Å²) in [6, 6.07) is 3.53. The highest BCUT2D eigenvalue weighted by molar-refractivity contribution is 9.10. The molecule has 3 heterocycles. The van der Waals surface area contributed by atoms with E-state index in [4.69, 9.17) is 4.74 Å². The van der Waals surface area contributed by atoms with Crippen LogP contribution in [-0.4, -0.2) is 45.0 Å². The molecule has 120 valence electrons. The number of halogens is 1. The fourth-order valence-corrected chi connectivity index (χ4v) is 2.97. The SMILES string of the molecule is Cc1nccc(OC2CCCN(C(=O)c3cncc(Br)c3)C2)n1. The molecular formula is C16H17BrN4O2. The highest BCUT2D eigenvalue weighted by Gasteiger charge is 2.26. The van der Waals surface area contributed by atoms with Gasteiger partial charge in [-0.1, -0.05) is 0 Å². The maximum atomic E-state index is 12.6. The maximum absolute atomic E-state index is 12.6. The molecule has 1 atom stereocenters. The second-order valence-electron chi connectivity index (χ2n) is 5.47. The van der Waals surface area contributed by atoms with Crippen LogP contribution < -0.4 is 4.74 Å². The molecule has 0 bridgehead atoms. The van der Waals surface area contributed by atoms with Gasteiger partial charge < -0.3 is 9.64 Å². The molecule has 0 N–H and O–H groups in total. The molecule has 1 amide bonds. The summed E-state index contributed by atoms with van der Waals surface area (Å²) >= 11 is 3.35. The van der Waals surface area contributed by atoms with Crippen molar-refractivity contribution in [2.24, 2.45) is 0 Å². The summed E-state index contributed by atoms with van der Waals surface area (Å²) < 4.78 is 6.70. The first-order valence-electron chi connectivity index (χ1n) is 7.48. The van der Waals surface area contributed by atoms with E-state index in [1.807, 2.05) is 11.8 Å². The van der Waals surface area contributed by atoms with Crippen molar-refractivity contribution >= 4 is 21.8 Å². The summed E-state index contributed by atoms with van der Waals surface area (Å²) in [5, 5.41) is 0. The number of hydrogen-bond acceptors (Lipinski definition) is 5. The number of rotatable bonds is 3. The van der Waals surface area contributed by atoms with Crippen LogP contribution in [0.15, 0.2) is 35.2 Å². The number of ether oxygens (including phenoxy) is 1. The molecule has 1 unspecified atom stereocenters. The van der Waals surface area contributed by atoms with Crippen LogP contribution >= 0.6 is 15.9 Å². The quantitative estimate of drug-likeness (QED) is 0.823. The number of carbonyl (C=O) groups is 1. The third kappa shape index (κ3) is 4.04. The number of carbonyl (C=O) groups excluding carboxylic acids is 1. The van der Waals surface area contributed by atoms with Gasteiger partial charge in [-0.05, 0) is 41.8 Å². The second-order valence-corrected chi connectivity index (χ2v) is 6.38. The van der Waals surface area contributed by atoms with E-state index in [9.17, 15) is 4.79 Å². The number of piperidine rings is 1. The monoisotopic (exact) mass is 376 g/mol.